The van der Waals surface area contributed by atoms with Crippen molar-refractivity contribution in [2.75, 3.05) is 7.11 Å². The average Bonchev–Trinajstić information content (AvgIpc) is 3.24. The molecule has 0 bridgehead atoms. The highest BCUT2D eigenvalue weighted by Crippen LogP contribution is 2.47. The predicted molar refractivity (Wildman–Crippen MR) is 119 cm³/mol. The Morgan fingerprint density at radius 2 is 1.70 bits per heavy atom. The second kappa shape index (κ2) is 7.52. The number of ether oxygens (including phenoxy) is 2. The molecule has 3 aromatic carbocycles. The summed E-state index contributed by atoms with van der Waals surface area (Å²) >= 11 is 0. The van der Waals surface area contributed by atoms with Crippen molar-refractivity contribution in [3.63, 3.8) is 0 Å². The van der Waals surface area contributed by atoms with Gasteiger partial charge in [0.05, 0.1) is 18.9 Å². The maximum Gasteiger partial charge on any atom is 0.213 e. The molecule has 4 heteroatoms. The van der Waals surface area contributed by atoms with Crippen LogP contribution in [-0.4, -0.2) is 17.8 Å². The Morgan fingerprint density at radius 3 is 2.40 bits per heavy atom. The Balaban J connectivity index is 1.53. The predicted octanol–water partition coefficient (Wildman–Crippen LogP) is 6.06. The van der Waals surface area contributed by atoms with Crippen LogP contribution in [0.4, 0.5) is 0 Å². The van der Waals surface area contributed by atoms with Gasteiger partial charge in [-0.15, -0.1) is 0 Å². The van der Waals surface area contributed by atoms with Crippen LogP contribution in [-0.2, 0) is 0 Å². The van der Waals surface area contributed by atoms with Crippen molar-refractivity contribution in [2.45, 2.75) is 38.5 Å². The molecule has 0 aliphatic carbocycles. The minimum absolute atomic E-state index is 0.168. The van der Waals surface area contributed by atoms with Crippen LogP contribution in [0.25, 0.3) is 0 Å². The first-order valence-corrected chi connectivity index (χ1v) is 10.5. The minimum Gasteiger partial charge on any atom is -0.497 e. The van der Waals surface area contributed by atoms with Crippen molar-refractivity contribution < 1.29 is 9.47 Å². The summed E-state index contributed by atoms with van der Waals surface area (Å²) in [5.41, 5.74) is 5.84. The molecular formula is C26H26N2O2. The number of rotatable bonds is 4. The van der Waals surface area contributed by atoms with Crippen LogP contribution in [0.15, 0.2) is 77.9 Å². The molecule has 0 saturated heterocycles. The molecule has 0 aromatic heterocycles. The first kappa shape index (κ1) is 18.7. The van der Waals surface area contributed by atoms with E-state index in [0.717, 1.165) is 34.8 Å². The fraction of sp³-hybridized carbons (Fsp3) is 0.269. The maximum atomic E-state index is 6.45. The summed E-state index contributed by atoms with van der Waals surface area (Å²) in [6.45, 7) is 4.43. The first-order valence-electron chi connectivity index (χ1n) is 10.5. The number of methoxy groups -OCH3 is 1. The van der Waals surface area contributed by atoms with Gasteiger partial charge in [0.15, 0.2) is 0 Å². The Morgan fingerprint density at radius 1 is 0.967 bits per heavy atom. The van der Waals surface area contributed by atoms with Crippen LogP contribution in [0.1, 0.15) is 60.7 Å². The molecule has 2 heterocycles. The molecule has 0 amide bonds. The second-order valence-electron chi connectivity index (χ2n) is 8.20. The number of hydrazone groups is 1. The van der Waals surface area contributed by atoms with Crippen molar-refractivity contribution in [3.8, 4) is 11.5 Å². The molecule has 30 heavy (non-hydrogen) atoms. The van der Waals surface area contributed by atoms with Gasteiger partial charge >= 0.3 is 0 Å². The number of hydrogen-bond donors (Lipinski definition) is 0. The Kier molecular flexibility index (Phi) is 4.70. The van der Waals surface area contributed by atoms with Gasteiger partial charge in [-0.2, -0.15) is 5.10 Å². The molecule has 0 N–H and O–H groups in total. The summed E-state index contributed by atoms with van der Waals surface area (Å²) in [4.78, 5) is 0. The van der Waals surface area contributed by atoms with Gasteiger partial charge in [-0.05, 0) is 47.4 Å². The molecule has 0 fully saturated rings. The molecule has 0 saturated carbocycles. The van der Waals surface area contributed by atoms with Gasteiger partial charge in [0.1, 0.15) is 11.5 Å². The SMILES string of the molecule is COc1ccc(C2=NN3C(C2)c2ccccc2OC3c2ccc(C(C)C)cc2)cc1. The van der Waals surface area contributed by atoms with Gasteiger partial charge < -0.3 is 9.47 Å². The van der Waals surface area contributed by atoms with E-state index in [1.807, 2.05) is 18.2 Å². The molecule has 2 aliphatic rings. The largest absolute Gasteiger partial charge is 0.497 e. The van der Waals surface area contributed by atoms with Crippen molar-refractivity contribution in [2.24, 2.45) is 5.10 Å². The van der Waals surface area contributed by atoms with Gasteiger partial charge in [0.2, 0.25) is 6.23 Å². The Labute approximate surface area is 177 Å². The zero-order valence-corrected chi connectivity index (χ0v) is 17.6. The number of hydrogen-bond acceptors (Lipinski definition) is 4. The van der Waals surface area contributed by atoms with E-state index in [0.29, 0.717) is 5.92 Å². The second-order valence-corrected chi connectivity index (χ2v) is 8.20. The topological polar surface area (TPSA) is 34.1 Å². The van der Waals surface area contributed by atoms with Crippen molar-refractivity contribution >= 4 is 5.71 Å². The van der Waals surface area contributed by atoms with Crippen LogP contribution in [0.5, 0.6) is 11.5 Å². The maximum absolute atomic E-state index is 6.45. The molecule has 3 aromatic rings. The molecule has 2 aliphatic heterocycles. The Hall–Kier alpha value is -3.27. The van der Waals surface area contributed by atoms with E-state index in [4.69, 9.17) is 14.6 Å². The number of para-hydroxylation sites is 1. The van der Waals surface area contributed by atoms with Gasteiger partial charge in [-0.3, -0.25) is 0 Å². The third-order valence-electron chi connectivity index (χ3n) is 6.01. The molecular weight excluding hydrogens is 372 g/mol. The zero-order chi connectivity index (χ0) is 20.7. The summed E-state index contributed by atoms with van der Waals surface area (Å²) in [6, 6.07) is 25.4. The van der Waals surface area contributed by atoms with Crippen molar-refractivity contribution in [3.05, 3.63) is 95.1 Å². The fourth-order valence-corrected chi connectivity index (χ4v) is 4.26. The van der Waals surface area contributed by atoms with Crippen LogP contribution >= 0.6 is 0 Å². The van der Waals surface area contributed by atoms with E-state index in [2.05, 4.69) is 73.5 Å². The van der Waals surface area contributed by atoms with Crippen LogP contribution in [0.3, 0.4) is 0 Å². The smallest absolute Gasteiger partial charge is 0.213 e. The lowest BCUT2D eigenvalue weighted by Gasteiger charge is -2.38. The van der Waals surface area contributed by atoms with Gasteiger partial charge in [-0.1, -0.05) is 56.3 Å². The lowest BCUT2D eigenvalue weighted by molar-refractivity contribution is -0.0190. The lowest BCUT2D eigenvalue weighted by atomic mass is 9.95. The molecule has 2 atom stereocenters. The highest BCUT2D eigenvalue weighted by molar-refractivity contribution is 6.02. The highest BCUT2D eigenvalue weighted by atomic mass is 16.5. The molecule has 2 unspecified atom stereocenters. The van der Waals surface area contributed by atoms with Crippen molar-refractivity contribution in [1.82, 2.24) is 5.01 Å². The lowest BCUT2D eigenvalue weighted by Crippen LogP contribution is -2.33. The summed E-state index contributed by atoms with van der Waals surface area (Å²) in [7, 11) is 1.69. The summed E-state index contributed by atoms with van der Waals surface area (Å²) in [5, 5.41) is 7.17. The summed E-state index contributed by atoms with van der Waals surface area (Å²) in [5.74, 6) is 2.31. The van der Waals surface area contributed by atoms with Crippen LogP contribution < -0.4 is 9.47 Å². The molecule has 152 valence electrons. The van der Waals surface area contributed by atoms with E-state index < -0.39 is 0 Å². The summed E-state index contributed by atoms with van der Waals surface area (Å²) in [6.07, 6.45) is 0.620. The Bertz CT molecular complexity index is 1070. The van der Waals surface area contributed by atoms with E-state index >= 15 is 0 Å². The number of nitrogens with zero attached hydrogens (tertiary/aromatic N) is 2. The highest BCUT2D eigenvalue weighted by Gasteiger charge is 2.40. The molecule has 0 spiro atoms. The van der Waals surface area contributed by atoms with Crippen LogP contribution in [0, 0.1) is 0 Å². The molecule has 0 radical (unpaired) electrons. The fourth-order valence-electron chi connectivity index (χ4n) is 4.26. The normalized spacial score (nSPS) is 19.7. The summed E-state index contributed by atoms with van der Waals surface area (Å²) < 4.78 is 11.8. The third-order valence-corrected chi connectivity index (χ3v) is 6.01. The van der Waals surface area contributed by atoms with Gasteiger partial charge in [0, 0.05) is 17.5 Å². The number of benzene rings is 3. The minimum atomic E-state index is -0.234. The standard InChI is InChI=1S/C26H26N2O2/c1-17(2)18-8-10-20(11-9-18)26-28-24(22-6-4-5-7-25(22)30-26)16-23(27-28)19-12-14-21(29-3)15-13-19/h4-15,17,24,26H,16H2,1-3H3. The van der Waals surface area contributed by atoms with Crippen LogP contribution in [0.2, 0.25) is 0 Å². The molecule has 4 nitrogen and oxygen atoms in total. The van der Waals surface area contributed by atoms with Gasteiger partial charge in [-0.25, -0.2) is 5.01 Å². The van der Waals surface area contributed by atoms with E-state index in [1.165, 1.54) is 11.1 Å². The van der Waals surface area contributed by atoms with Gasteiger partial charge in [0.25, 0.3) is 0 Å². The third kappa shape index (κ3) is 3.22. The average molecular weight is 399 g/mol. The van der Waals surface area contributed by atoms with E-state index in [-0.39, 0.29) is 12.3 Å². The molecule has 5 rings (SSSR count). The first-order chi connectivity index (χ1) is 14.6. The van der Waals surface area contributed by atoms with Crippen molar-refractivity contribution in [1.29, 1.82) is 0 Å². The zero-order valence-electron chi connectivity index (χ0n) is 17.6. The van der Waals surface area contributed by atoms with E-state index in [1.54, 1.807) is 7.11 Å². The quantitative estimate of drug-likeness (QED) is 0.536. The monoisotopic (exact) mass is 398 g/mol. The van der Waals surface area contributed by atoms with E-state index in [9.17, 15) is 0 Å². The number of fused-ring (bicyclic) bond motifs is 3.